The van der Waals surface area contributed by atoms with Gasteiger partial charge < -0.3 is 14.6 Å². The highest BCUT2D eigenvalue weighted by atomic mass is 16.5. The lowest BCUT2D eigenvalue weighted by Gasteiger charge is -2.10. The maximum Gasteiger partial charge on any atom is 0.339 e. The molecule has 0 saturated heterocycles. The Labute approximate surface area is 116 Å². The van der Waals surface area contributed by atoms with Crippen LogP contribution in [0.4, 0.5) is 0 Å². The van der Waals surface area contributed by atoms with Crippen LogP contribution < -0.4 is 9.47 Å². The van der Waals surface area contributed by atoms with Crippen molar-refractivity contribution < 1.29 is 19.4 Å². The second-order valence-electron chi connectivity index (χ2n) is 4.06. The molecule has 0 fully saturated rings. The normalized spacial score (nSPS) is 10.2. The maximum absolute atomic E-state index is 11.0. The summed E-state index contributed by atoms with van der Waals surface area (Å²) in [5.74, 6) is 0.582. The molecule has 2 aromatic rings. The maximum atomic E-state index is 11.0. The van der Waals surface area contributed by atoms with Gasteiger partial charge in [0.25, 0.3) is 0 Å². The number of nitrogens with zero attached hydrogens (tertiary/aromatic N) is 2. The lowest BCUT2D eigenvalue weighted by Crippen LogP contribution is -2.04. The molecule has 1 N–H and O–H groups in total. The first-order valence-electron chi connectivity index (χ1n) is 5.86. The van der Waals surface area contributed by atoms with Gasteiger partial charge in [-0.2, -0.15) is 0 Å². The Morgan fingerprint density at radius 1 is 1.25 bits per heavy atom. The third-order valence-corrected chi connectivity index (χ3v) is 2.86. The molecule has 0 aliphatic rings. The van der Waals surface area contributed by atoms with E-state index in [2.05, 4.69) is 9.97 Å². The van der Waals surface area contributed by atoms with Gasteiger partial charge in [-0.1, -0.05) is 0 Å². The van der Waals surface area contributed by atoms with Gasteiger partial charge in [-0.25, -0.2) is 14.8 Å². The Morgan fingerprint density at radius 2 is 2.00 bits per heavy atom. The summed E-state index contributed by atoms with van der Waals surface area (Å²) < 4.78 is 10.4. The molecule has 0 bridgehead atoms. The highest BCUT2D eigenvalue weighted by Crippen LogP contribution is 2.31. The van der Waals surface area contributed by atoms with E-state index >= 15 is 0 Å². The predicted octanol–water partition coefficient (Wildman–Crippen LogP) is 2.17. The molecule has 20 heavy (non-hydrogen) atoms. The average molecular weight is 274 g/mol. The molecule has 104 valence electrons. The minimum absolute atomic E-state index is 0.0845. The van der Waals surface area contributed by atoms with Gasteiger partial charge >= 0.3 is 5.97 Å². The molecular formula is C14H14N2O4. The van der Waals surface area contributed by atoms with Crippen LogP contribution in [-0.2, 0) is 0 Å². The Kier molecular flexibility index (Phi) is 3.84. The zero-order valence-electron chi connectivity index (χ0n) is 11.4. The highest BCUT2D eigenvalue weighted by molar-refractivity contribution is 5.88. The van der Waals surface area contributed by atoms with E-state index in [1.807, 2.05) is 0 Å². The van der Waals surface area contributed by atoms with Crippen molar-refractivity contribution in [3.05, 3.63) is 35.7 Å². The third-order valence-electron chi connectivity index (χ3n) is 2.86. The van der Waals surface area contributed by atoms with E-state index in [-0.39, 0.29) is 5.56 Å². The van der Waals surface area contributed by atoms with Gasteiger partial charge in [-0.15, -0.1) is 0 Å². The lowest BCUT2D eigenvalue weighted by molar-refractivity contribution is 0.0695. The second-order valence-corrected chi connectivity index (χ2v) is 4.06. The van der Waals surface area contributed by atoms with Crippen molar-refractivity contribution >= 4 is 5.97 Å². The molecule has 0 spiro atoms. The summed E-state index contributed by atoms with van der Waals surface area (Å²) in [5.41, 5.74) is 1.16. The van der Waals surface area contributed by atoms with Crippen molar-refractivity contribution in [1.29, 1.82) is 0 Å². The van der Waals surface area contributed by atoms with Crippen LogP contribution in [0.2, 0.25) is 0 Å². The van der Waals surface area contributed by atoms with Gasteiger partial charge in [0, 0.05) is 12.3 Å². The summed E-state index contributed by atoms with van der Waals surface area (Å²) in [4.78, 5) is 19.3. The number of aromatic nitrogens is 2. The van der Waals surface area contributed by atoms with E-state index in [4.69, 9.17) is 14.6 Å². The molecule has 2 rings (SSSR count). The molecule has 0 unspecified atom stereocenters. The fourth-order valence-corrected chi connectivity index (χ4v) is 1.79. The first-order chi connectivity index (χ1) is 9.56. The second kappa shape index (κ2) is 5.56. The van der Waals surface area contributed by atoms with Crippen LogP contribution in [0.1, 0.15) is 16.1 Å². The predicted molar refractivity (Wildman–Crippen MR) is 72.3 cm³/mol. The zero-order chi connectivity index (χ0) is 14.7. The van der Waals surface area contributed by atoms with Crippen LogP contribution in [0.3, 0.4) is 0 Å². The number of hydrogen-bond acceptors (Lipinski definition) is 5. The van der Waals surface area contributed by atoms with Crippen LogP contribution in [0, 0.1) is 6.92 Å². The van der Waals surface area contributed by atoms with E-state index < -0.39 is 5.97 Å². The number of carbonyl (C=O) groups is 1. The van der Waals surface area contributed by atoms with Crippen molar-refractivity contribution in [2.24, 2.45) is 0 Å². The number of hydrogen-bond donors (Lipinski definition) is 1. The quantitative estimate of drug-likeness (QED) is 0.920. The van der Waals surface area contributed by atoms with Crippen LogP contribution in [0.5, 0.6) is 11.5 Å². The Hall–Kier alpha value is -2.63. The lowest BCUT2D eigenvalue weighted by atomic mass is 10.1. The smallest absolute Gasteiger partial charge is 0.339 e. The van der Waals surface area contributed by atoms with Crippen molar-refractivity contribution in [1.82, 2.24) is 9.97 Å². The van der Waals surface area contributed by atoms with Gasteiger partial charge in [-0.05, 0) is 19.1 Å². The Bertz CT molecular complexity index is 656. The van der Waals surface area contributed by atoms with Crippen LogP contribution in [0.15, 0.2) is 24.4 Å². The number of aromatic carboxylic acids is 1. The van der Waals surface area contributed by atoms with Crippen molar-refractivity contribution in [3.8, 4) is 22.9 Å². The Balaban J connectivity index is 2.51. The molecular weight excluding hydrogens is 260 g/mol. The molecule has 0 radical (unpaired) electrons. The van der Waals surface area contributed by atoms with E-state index in [9.17, 15) is 4.79 Å². The zero-order valence-corrected chi connectivity index (χ0v) is 11.4. The number of aryl methyl sites for hydroxylation is 1. The molecule has 1 heterocycles. The van der Waals surface area contributed by atoms with Crippen molar-refractivity contribution in [2.45, 2.75) is 6.92 Å². The molecule has 0 aliphatic heterocycles. The highest BCUT2D eigenvalue weighted by Gasteiger charge is 2.14. The first kappa shape index (κ1) is 13.8. The molecule has 0 aliphatic carbocycles. The minimum Gasteiger partial charge on any atom is -0.497 e. The summed E-state index contributed by atoms with van der Waals surface area (Å²) in [7, 11) is 3.10. The van der Waals surface area contributed by atoms with Gasteiger partial charge in [0.2, 0.25) is 0 Å². The summed E-state index contributed by atoms with van der Waals surface area (Å²) in [6, 6.07) is 5.26. The SMILES string of the molecule is COc1ccc(-c2ncc(C(=O)O)c(C)n2)c(OC)c1. The Morgan fingerprint density at radius 3 is 2.55 bits per heavy atom. The van der Waals surface area contributed by atoms with E-state index in [1.165, 1.54) is 13.3 Å². The molecule has 0 amide bonds. The summed E-state index contributed by atoms with van der Waals surface area (Å²) in [6.07, 6.45) is 1.30. The van der Waals surface area contributed by atoms with Crippen molar-refractivity contribution in [2.75, 3.05) is 14.2 Å². The van der Waals surface area contributed by atoms with Gasteiger partial charge in [-0.3, -0.25) is 0 Å². The van der Waals surface area contributed by atoms with E-state index in [0.717, 1.165) is 0 Å². The van der Waals surface area contributed by atoms with E-state index in [1.54, 1.807) is 32.2 Å². The molecule has 6 nitrogen and oxygen atoms in total. The summed E-state index contributed by atoms with van der Waals surface area (Å²) in [5, 5.41) is 8.97. The first-order valence-corrected chi connectivity index (χ1v) is 5.86. The van der Waals surface area contributed by atoms with Crippen LogP contribution in [0.25, 0.3) is 11.4 Å². The largest absolute Gasteiger partial charge is 0.497 e. The van der Waals surface area contributed by atoms with Crippen LogP contribution in [-0.4, -0.2) is 35.3 Å². The van der Waals surface area contributed by atoms with Crippen LogP contribution >= 0.6 is 0 Å². The molecule has 6 heteroatoms. The summed E-state index contributed by atoms with van der Waals surface area (Å²) >= 11 is 0. The number of benzene rings is 1. The topological polar surface area (TPSA) is 81.5 Å². The summed E-state index contributed by atoms with van der Waals surface area (Å²) in [6.45, 7) is 1.63. The van der Waals surface area contributed by atoms with Gasteiger partial charge in [0.15, 0.2) is 5.82 Å². The molecule has 0 saturated carbocycles. The number of carboxylic acids is 1. The van der Waals surface area contributed by atoms with Crippen molar-refractivity contribution in [3.63, 3.8) is 0 Å². The van der Waals surface area contributed by atoms with Gasteiger partial charge in [0.1, 0.15) is 11.5 Å². The number of rotatable bonds is 4. The average Bonchev–Trinajstić information content (AvgIpc) is 2.46. The molecule has 1 aromatic carbocycles. The fraction of sp³-hybridized carbons (Fsp3) is 0.214. The fourth-order valence-electron chi connectivity index (χ4n) is 1.79. The monoisotopic (exact) mass is 274 g/mol. The third kappa shape index (κ3) is 2.54. The standard InChI is InChI=1S/C14H14N2O4/c1-8-11(14(17)18)7-15-13(16-8)10-5-4-9(19-2)6-12(10)20-3/h4-7H,1-3H3,(H,17,18). The number of ether oxygens (including phenoxy) is 2. The van der Waals surface area contributed by atoms with Gasteiger partial charge in [0.05, 0.1) is 31.0 Å². The number of methoxy groups -OCH3 is 2. The van der Waals surface area contributed by atoms with E-state index in [0.29, 0.717) is 28.6 Å². The molecule has 0 atom stereocenters. The minimum atomic E-state index is -1.05. The number of carboxylic acid groups (broad SMARTS) is 1. The molecule has 1 aromatic heterocycles.